The van der Waals surface area contributed by atoms with Crippen LogP contribution in [0.15, 0.2) is 48.5 Å². The number of phenols is 1. The van der Waals surface area contributed by atoms with Crippen LogP contribution >= 0.6 is 61.1 Å². The number of aromatic hydroxyl groups is 1. The molecular formula is C20H23BrI2O2. The van der Waals surface area contributed by atoms with Crippen molar-refractivity contribution in [1.82, 2.24) is 0 Å². The molecule has 136 valence electrons. The number of hydrogen-bond acceptors (Lipinski definition) is 2. The van der Waals surface area contributed by atoms with Gasteiger partial charge in [0.25, 0.3) is 0 Å². The predicted octanol–water partition coefficient (Wildman–Crippen LogP) is 6.87. The van der Waals surface area contributed by atoms with Crippen molar-refractivity contribution in [3.63, 3.8) is 0 Å². The van der Waals surface area contributed by atoms with Crippen LogP contribution in [0.2, 0.25) is 0 Å². The van der Waals surface area contributed by atoms with Crippen LogP contribution < -0.4 is 4.74 Å². The van der Waals surface area contributed by atoms with Crippen molar-refractivity contribution in [2.75, 3.05) is 11.9 Å². The van der Waals surface area contributed by atoms with Gasteiger partial charge in [0.15, 0.2) is 0 Å². The van der Waals surface area contributed by atoms with E-state index in [1.54, 1.807) is 12.1 Å². The maximum atomic E-state index is 8.75. The lowest BCUT2D eigenvalue weighted by atomic mass is 10.3. The lowest BCUT2D eigenvalue weighted by molar-refractivity contribution is 0.300. The summed E-state index contributed by atoms with van der Waals surface area (Å²) >= 11 is 7.86. The zero-order chi connectivity index (χ0) is 18.1. The van der Waals surface area contributed by atoms with Crippen LogP contribution in [-0.4, -0.2) is 17.0 Å². The summed E-state index contributed by atoms with van der Waals surface area (Å²) in [7, 11) is 0. The molecule has 5 heteroatoms. The molecule has 0 atom stereocenters. The summed E-state index contributed by atoms with van der Waals surface area (Å²) in [6.07, 6.45) is 5.63. The SMILES string of the molecule is BrCC1CC1.Ic1ccc(OCC2CC2)cc1.Oc1ccc(I)cc1. The van der Waals surface area contributed by atoms with Gasteiger partial charge in [-0.05, 0) is 131 Å². The van der Waals surface area contributed by atoms with Crippen molar-refractivity contribution in [2.45, 2.75) is 25.7 Å². The van der Waals surface area contributed by atoms with Crippen LogP contribution in [0.4, 0.5) is 0 Å². The van der Waals surface area contributed by atoms with Gasteiger partial charge < -0.3 is 9.84 Å². The number of ether oxygens (including phenoxy) is 1. The average Bonchev–Trinajstić information content (AvgIpc) is 3.51. The zero-order valence-corrected chi connectivity index (χ0v) is 19.9. The number of rotatable bonds is 4. The third-order valence-corrected chi connectivity index (χ3v) is 6.09. The Morgan fingerprint density at radius 1 is 0.840 bits per heavy atom. The molecule has 0 spiro atoms. The summed E-state index contributed by atoms with van der Waals surface area (Å²) in [6, 6.07) is 15.3. The molecule has 2 aromatic carbocycles. The molecule has 0 amide bonds. The summed E-state index contributed by atoms with van der Waals surface area (Å²) in [5, 5.41) is 9.98. The van der Waals surface area contributed by atoms with Crippen LogP contribution in [0.25, 0.3) is 0 Å². The fourth-order valence-electron chi connectivity index (χ4n) is 1.74. The third-order valence-electron chi connectivity index (χ3n) is 3.74. The fourth-order valence-corrected chi connectivity index (χ4v) is 3.11. The second-order valence-corrected chi connectivity index (χ2v) is 9.42. The predicted molar refractivity (Wildman–Crippen MR) is 125 cm³/mol. The van der Waals surface area contributed by atoms with Gasteiger partial charge in [-0.1, -0.05) is 15.9 Å². The van der Waals surface area contributed by atoms with E-state index in [1.165, 1.54) is 34.6 Å². The van der Waals surface area contributed by atoms with Gasteiger partial charge in [-0.2, -0.15) is 0 Å². The first kappa shape index (κ1) is 21.3. The highest BCUT2D eigenvalue weighted by Crippen LogP contribution is 2.30. The number of phenolic OH excluding ortho intramolecular Hbond substituents is 1. The van der Waals surface area contributed by atoms with Crippen LogP contribution in [-0.2, 0) is 0 Å². The monoisotopic (exact) mass is 628 g/mol. The van der Waals surface area contributed by atoms with E-state index in [9.17, 15) is 0 Å². The standard InChI is InChI=1S/C10H11IO.C6H5IO.C4H7Br/c11-9-3-5-10(6-4-9)12-7-8-1-2-8;7-5-1-3-6(8)4-2-5;5-3-4-1-2-4/h3-6,8H,1-2,7H2;1-4,8H;4H,1-3H2. The molecule has 2 fully saturated rings. The Labute approximate surface area is 186 Å². The molecule has 2 aliphatic rings. The molecule has 0 bridgehead atoms. The minimum absolute atomic E-state index is 0.324. The van der Waals surface area contributed by atoms with E-state index >= 15 is 0 Å². The van der Waals surface area contributed by atoms with E-state index in [0.29, 0.717) is 5.75 Å². The summed E-state index contributed by atoms with van der Waals surface area (Å²) < 4.78 is 7.98. The lowest BCUT2D eigenvalue weighted by Gasteiger charge is -2.03. The summed E-state index contributed by atoms with van der Waals surface area (Å²) in [5.74, 6) is 3.21. The second-order valence-electron chi connectivity index (χ2n) is 6.28. The Bertz CT molecular complexity index is 588. The highest BCUT2D eigenvalue weighted by atomic mass is 127. The second kappa shape index (κ2) is 11.6. The van der Waals surface area contributed by atoms with Gasteiger partial charge in [-0.25, -0.2) is 0 Å². The Morgan fingerprint density at radius 3 is 1.68 bits per heavy atom. The largest absolute Gasteiger partial charge is 0.508 e. The van der Waals surface area contributed by atoms with Crippen molar-refractivity contribution in [1.29, 1.82) is 0 Å². The first-order chi connectivity index (χ1) is 12.1. The normalized spacial score (nSPS) is 15.3. The van der Waals surface area contributed by atoms with E-state index in [1.807, 2.05) is 24.3 Å². The molecule has 0 radical (unpaired) electrons. The molecule has 0 unspecified atom stereocenters. The van der Waals surface area contributed by atoms with E-state index in [-0.39, 0.29) is 0 Å². The smallest absolute Gasteiger partial charge is 0.119 e. The van der Waals surface area contributed by atoms with Gasteiger partial charge in [0, 0.05) is 12.5 Å². The number of hydrogen-bond donors (Lipinski definition) is 1. The number of halogens is 3. The molecule has 1 N–H and O–H groups in total. The molecule has 0 saturated heterocycles. The minimum atomic E-state index is 0.324. The van der Waals surface area contributed by atoms with Crippen molar-refractivity contribution in [2.24, 2.45) is 11.8 Å². The van der Waals surface area contributed by atoms with Crippen molar-refractivity contribution < 1.29 is 9.84 Å². The molecule has 2 nitrogen and oxygen atoms in total. The molecule has 4 rings (SSSR count). The maximum Gasteiger partial charge on any atom is 0.119 e. The molecule has 2 aliphatic carbocycles. The first-order valence-corrected chi connectivity index (χ1v) is 11.7. The van der Waals surface area contributed by atoms with E-state index in [4.69, 9.17) is 9.84 Å². The summed E-state index contributed by atoms with van der Waals surface area (Å²) in [6.45, 7) is 0.903. The Morgan fingerprint density at radius 2 is 1.32 bits per heavy atom. The maximum absolute atomic E-state index is 8.75. The van der Waals surface area contributed by atoms with Crippen LogP contribution in [0.3, 0.4) is 0 Å². The Hall–Kier alpha value is -0.0200. The zero-order valence-electron chi connectivity index (χ0n) is 14.0. The Kier molecular flexibility index (Phi) is 9.91. The summed E-state index contributed by atoms with van der Waals surface area (Å²) in [5.41, 5.74) is 0. The van der Waals surface area contributed by atoms with Crippen LogP contribution in [0.1, 0.15) is 25.7 Å². The topological polar surface area (TPSA) is 29.5 Å². The molecule has 2 aromatic rings. The van der Waals surface area contributed by atoms with Gasteiger partial charge in [0.05, 0.1) is 6.61 Å². The molecule has 0 aromatic heterocycles. The fraction of sp³-hybridized carbons (Fsp3) is 0.400. The minimum Gasteiger partial charge on any atom is -0.508 e. The number of alkyl halides is 1. The Balaban J connectivity index is 0.000000149. The molecule has 0 heterocycles. The molecule has 0 aliphatic heterocycles. The van der Waals surface area contributed by atoms with Crippen molar-refractivity contribution >= 4 is 61.1 Å². The summed E-state index contributed by atoms with van der Waals surface area (Å²) in [4.78, 5) is 0. The quantitative estimate of drug-likeness (QED) is 0.296. The third kappa shape index (κ3) is 10.7. The average molecular weight is 629 g/mol. The van der Waals surface area contributed by atoms with E-state index < -0.39 is 0 Å². The molecular weight excluding hydrogens is 606 g/mol. The van der Waals surface area contributed by atoms with E-state index in [2.05, 4.69) is 73.2 Å². The van der Waals surface area contributed by atoms with Crippen LogP contribution in [0.5, 0.6) is 11.5 Å². The van der Waals surface area contributed by atoms with Gasteiger partial charge in [0.2, 0.25) is 0 Å². The molecule has 25 heavy (non-hydrogen) atoms. The lowest BCUT2D eigenvalue weighted by Crippen LogP contribution is -1.98. The number of benzene rings is 2. The van der Waals surface area contributed by atoms with E-state index in [0.717, 1.165) is 27.8 Å². The molecule has 2 saturated carbocycles. The van der Waals surface area contributed by atoms with Crippen LogP contribution in [0, 0.1) is 19.0 Å². The van der Waals surface area contributed by atoms with Gasteiger partial charge >= 0.3 is 0 Å². The van der Waals surface area contributed by atoms with Gasteiger partial charge in [0.1, 0.15) is 11.5 Å². The first-order valence-electron chi connectivity index (χ1n) is 8.45. The highest BCUT2D eigenvalue weighted by molar-refractivity contribution is 14.1. The van der Waals surface area contributed by atoms with Gasteiger partial charge in [-0.3, -0.25) is 0 Å². The van der Waals surface area contributed by atoms with Crippen molar-refractivity contribution in [3.05, 3.63) is 55.7 Å². The van der Waals surface area contributed by atoms with Crippen molar-refractivity contribution in [3.8, 4) is 11.5 Å². The van der Waals surface area contributed by atoms with Gasteiger partial charge in [-0.15, -0.1) is 0 Å². The highest BCUT2D eigenvalue weighted by Gasteiger charge is 2.21.